The normalized spacial score (nSPS) is 11.1. The molecule has 0 unspecified atom stereocenters. The zero-order valence-electron chi connectivity index (χ0n) is 15.3. The first-order chi connectivity index (χ1) is 13.4. The molecule has 0 fully saturated rings. The van der Waals surface area contributed by atoms with Crippen molar-refractivity contribution >= 4 is 44.7 Å². The lowest BCUT2D eigenvalue weighted by molar-refractivity contribution is 0.103. The summed E-state index contributed by atoms with van der Waals surface area (Å²) < 4.78 is 15.8. The van der Waals surface area contributed by atoms with Gasteiger partial charge in [0.15, 0.2) is 0 Å². The van der Waals surface area contributed by atoms with Crippen molar-refractivity contribution in [2.45, 2.75) is 20.4 Å². The third-order valence-electron chi connectivity index (χ3n) is 4.48. The highest BCUT2D eigenvalue weighted by molar-refractivity contribution is 7.20. The summed E-state index contributed by atoms with van der Waals surface area (Å²) in [5.74, 6) is -0.796. The minimum atomic E-state index is -0.457. The van der Waals surface area contributed by atoms with Gasteiger partial charge in [-0.2, -0.15) is 5.10 Å². The van der Waals surface area contributed by atoms with Crippen LogP contribution >= 0.6 is 22.9 Å². The SMILES string of the molecule is Cc1ccc(F)c(NC(=O)c2cc3c(C)nn(Cc4ccccc4Cl)c3s2)c1. The Bertz CT molecular complexity index is 1200. The van der Waals surface area contributed by atoms with E-state index in [1.165, 1.54) is 17.4 Å². The van der Waals surface area contributed by atoms with Gasteiger partial charge in [-0.05, 0) is 49.2 Å². The van der Waals surface area contributed by atoms with E-state index in [1.807, 2.05) is 42.8 Å². The molecule has 0 spiro atoms. The predicted molar refractivity (Wildman–Crippen MR) is 112 cm³/mol. The van der Waals surface area contributed by atoms with Crippen LogP contribution < -0.4 is 5.32 Å². The summed E-state index contributed by atoms with van der Waals surface area (Å²) in [6, 6.07) is 14.0. The molecule has 4 aromatic rings. The van der Waals surface area contributed by atoms with Crippen LogP contribution in [0.2, 0.25) is 5.02 Å². The lowest BCUT2D eigenvalue weighted by Gasteiger charge is -2.06. The van der Waals surface area contributed by atoms with Gasteiger partial charge in [-0.1, -0.05) is 35.9 Å². The topological polar surface area (TPSA) is 46.9 Å². The monoisotopic (exact) mass is 413 g/mol. The number of hydrogen-bond donors (Lipinski definition) is 1. The molecule has 1 N–H and O–H groups in total. The van der Waals surface area contributed by atoms with Gasteiger partial charge >= 0.3 is 0 Å². The first-order valence-corrected chi connectivity index (χ1v) is 9.89. The zero-order chi connectivity index (χ0) is 19.8. The van der Waals surface area contributed by atoms with Gasteiger partial charge in [0.1, 0.15) is 10.6 Å². The Kier molecular flexibility index (Phi) is 4.91. The maximum atomic E-state index is 14.0. The summed E-state index contributed by atoms with van der Waals surface area (Å²) in [6.45, 7) is 4.26. The smallest absolute Gasteiger partial charge is 0.265 e. The van der Waals surface area contributed by atoms with Gasteiger partial charge in [0.25, 0.3) is 5.91 Å². The molecular weight excluding hydrogens is 397 g/mol. The Balaban J connectivity index is 1.65. The van der Waals surface area contributed by atoms with Gasteiger partial charge in [0, 0.05) is 10.4 Å². The molecule has 1 amide bonds. The summed E-state index contributed by atoms with van der Waals surface area (Å²) in [4.78, 5) is 14.0. The van der Waals surface area contributed by atoms with Crippen molar-refractivity contribution in [1.29, 1.82) is 0 Å². The van der Waals surface area contributed by atoms with E-state index >= 15 is 0 Å². The minimum Gasteiger partial charge on any atom is -0.319 e. The lowest BCUT2D eigenvalue weighted by atomic mass is 10.2. The second-order valence-electron chi connectivity index (χ2n) is 6.60. The molecule has 0 aliphatic heterocycles. The quantitative estimate of drug-likeness (QED) is 0.459. The molecule has 2 heterocycles. The molecule has 0 saturated carbocycles. The van der Waals surface area contributed by atoms with Crippen molar-refractivity contribution in [2.24, 2.45) is 0 Å². The Morgan fingerprint density at radius 1 is 1.21 bits per heavy atom. The summed E-state index contributed by atoms with van der Waals surface area (Å²) in [5.41, 5.74) is 2.84. The van der Waals surface area contributed by atoms with Gasteiger partial charge in [-0.25, -0.2) is 4.39 Å². The van der Waals surface area contributed by atoms with Gasteiger partial charge < -0.3 is 5.32 Å². The largest absolute Gasteiger partial charge is 0.319 e. The molecule has 2 aromatic carbocycles. The molecule has 28 heavy (non-hydrogen) atoms. The Morgan fingerprint density at radius 3 is 2.79 bits per heavy atom. The van der Waals surface area contributed by atoms with Crippen molar-refractivity contribution in [3.8, 4) is 0 Å². The fourth-order valence-corrected chi connectivity index (χ4v) is 4.29. The van der Waals surface area contributed by atoms with Crippen molar-refractivity contribution in [1.82, 2.24) is 9.78 Å². The summed E-state index contributed by atoms with van der Waals surface area (Å²) in [6.07, 6.45) is 0. The van der Waals surface area contributed by atoms with Gasteiger partial charge in [-0.3, -0.25) is 9.48 Å². The van der Waals surface area contributed by atoms with Crippen molar-refractivity contribution < 1.29 is 9.18 Å². The Labute approximate surface area is 170 Å². The van der Waals surface area contributed by atoms with Gasteiger partial charge in [0.2, 0.25) is 0 Å². The average Bonchev–Trinajstić information content (AvgIpc) is 3.22. The summed E-state index contributed by atoms with van der Waals surface area (Å²) >= 11 is 7.60. The zero-order valence-corrected chi connectivity index (χ0v) is 16.9. The first kappa shape index (κ1) is 18.7. The van der Waals surface area contributed by atoms with Crippen LogP contribution in [-0.2, 0) is 6.54 Å². The van der Waals surface area contributed by atoms with Crippen LogP contribution in [0, 0.1) is 19.7 Å². The third kappa shape index (κ3) is 3.53. The average molecular weight is 414 g/mol. The molecule has 4 nitrogen and oxygen atoms in total. The van der Waals surface area contributed by atoms with E-state index in [0.29, 0.717) is 16.4 Å². The molecule has 0 aliphatic carbocycles. The standard InChI is InChI=1S/C21H17ClFN3OS/c1-12-7-8-17(23)18(9-12)24-20(27)19-10-15-13(2)25-26(21(15)28-19)11-14-5-3-4-6-16(14)22/h3-10H,11H2,1-2H3,(H,24,27). The summed E-state index contributed by atoms with van der Waals surface area (Å²) in [7, 11) is 0. The number of nitrogens with zero attached hydrogens (tertiary/aromatic N) is 2. The second kappa shape index (κ2) is 7.37. The molecule has 7 heteroatoms. The van der Waals surface area contributed by atoms with E-state index in [-0.39, 0.29) is 11.6 Å². The van der Waals surface area contributed by atoms with Crippen molar-refractivity contribution in [2.75, 3.05) is 5.32 Å². The van der Waals surface area contributed by atoms with Crippen LogP contribution in [-0.4, -0.2) is 15.7 Å². The molecule has 0 atom stereocenters. The molecule has 0 saturated heterocycles. The molecule has 142 valence electrons. The number of nitrogens with one attached hydrogen (secondary N) is 1. The third-order valence-corrected chi connectivity index (χ3v) is 6.00. The van der Waals surface area contributed by atoms with E-state index in [0.717, 1.165) is 27.0 Å². The minimum absolute atomic E-state index is 0.178. The maximum absolute atomic E-state index is 14.0. The number of carbonyl (C=O) groups is 1. The molecule has 2 aromatic heterocycles. The molecular formula is C21H17ClFN3OS. The fourth-order valence-electron chi connectivity index (χ4n) is 3.04. The van der Waals surface area contributed by atoms with Crippen LogP contribution in [0.4, 0.5) is 10.1 Å². The number of halogens is 2. The van der Waals surface area contributed by atoms with E-state index < -0.39 is 5.82 Å². The van der Waals surface area contributed by atoms with E-state index in [2.05, 4.69) is 10.4 Å². The molecule has 0 aliphatic rings. The van der Waals surface area contributed by atoms with E-state index in [1.54, 1.807) is 18.2 Å². The van der Waals surface area contributed by atoms with Crippen molar-refractivity contribution in [3.63, 3.8) is 0 Å². The number of amides is 1. The highest BCUT2D eigenvalue weighted by Crippen LogP contribution is 2.30. The number of carbonyl (C=O) groups excluding carboxylic acids is 1. The van der Waals surface area contributed by atoms with Crippen LogP contribution in [0.1, 0.15) is 26.5 Å². The second-order valence-corrected chi connectivity index (χ2v) is 8.04. The highest BCUT2D eigenvalue weighted by Gasteiger charge is 2.18. The number of hydrogen-bond acceptors (Lipinski definition) is 3. The van der Waals surface area contributed by atoms with Gasteiger partial charge in [-0.15, -0.1) is 11.3 Å². The van der Waals surface area contributed by atoms with Crippen LogP contribution in [0.3, 0.4) is 0 Å². The molecule has 0 bridgehead atoms. The first-order valence-electron chi connectivity index (χ1n) is 8.70. The number of fused-ring (bicyclic) bond motifs is 1. The van der Waals surface area contributed by atoms with Crippen LogP contribution in [0.15, 0.2) is 48.5 Å². The number of aryl methyl sites for hydroxylation is 2. The van der Waals surface area contributed by atoms with Gasteiger partial charge in [0.05, 0.1) is 22.8 Å². The highest BCUT2D eigenvalue weighted by atomic mass is 35.5. The molecule has 0 radical (unpaired) electrons. The number of thiophene rings is 1. The Morgan fingerprint density at radius 2 is 2.00 bits per heavy atom. The number of anilines is 1. The molecule has 4 rings (SSSR count). The maximum Gasteiger partial charge on any atom is 0.265 e. The number of rotatable bonds is 4. The van der Waals surface area contributed by atoms with Crippen molar-refractivity contribution in [3.05, 3.63) is 81.1 Å². The number of benzene rings is 2. The predicted octanol–water partition coefficient (Wildman–Crippen LogP) is 5.81. The van der Waals surface area contributed by atoms with Crippen LogP contribution in [0.25, 0.3) is 10.2 Å². The number of aromatic nitrogens is 2. The summed E-state index contributed by atoms with van der Waals surface area (Å²) in [5, 5.41) is 8.82. The lowest BCUT2D eigenvalue weighted by Crippen LogP contribution is -2.11. The fraction of sp³-hybridized carbons (Fsp3) is 0.143. The Hall–Kier alpha value is -2.70. The van der Waals surface area contributed by atoms with E-state index in [4.69, 9.17) is 11.6 Å². The van der Waals surface area contributed by atoms with Crippen LogP contribution in [0.5, 0.6) is 0 Å². The van der Waals surface area contributed by atoms with E-state index in [9.17, 15) is 9.18 Å².